The summed E-state index contributed by atoms with van der Waals surface area (Å²) >= 11 is 0. The number of nitrogens with zero attached hydrogens (tertiary/aromatic N) is 3. The number of amides is 2. The van der Waals surface area contributed by atoms with Crippen LogP contribution in [-0.2, 0) is 4.79 Å². The quantitative estimate of drug-likeness (QED) is 0.536. The molecule has 4 rings (SSSR count). The van der Waals surface area contributed by atoms with Crippen LogP contribution in [0.3, 0.4) is 0 Å². The molecule has 0 aliphatic carbocycles. The number of carbonyl (C=O) groups is 2. The first-order valence-electron chi connectivity index (χ1n) is 10.4. The number of hydrogen-bond acceptors (Lipinski definition) is 6. The van der Waals surface area contributed by atoms with Gasteiger partial charge in [-0.25, -0.2) is 4.68 Å². The van der Waals surface area contributed by atoms with Crippen molar-refractivity contribution in [2.24, 2.45) is 5.73 Å². The van der Waals surface area contributed by atoms with E-state index < -0.39 is 5.91 Å². The third-order valence-electron chi connectivity index (χ3n) is 5.61. The molecule has 9 nitrogen and oxygen atoms in total. The van der Waals surface area contributed by atoms with Gasteiger partial charge in [0.1, 0.15) is 34.3 Å². The Balaban J connectivity index is 1.59. The number of nitrogens with two attached hydrogens (primary N) is 2. The number of carbonyl (C=O) groups excluding carboxylic acids is 2. The third kappa shape index (κ3) is 4.38. The third-order valence-corrected chi connectivity index (χ3v) is 5.61. The van der Waals surface area contributed by atoms with E-state index in [1.54, 1.807) is 41.0 Å². The van der Waals surface area contributed by atoms with Gasteiger partial charge in [0.25, 0.3) is 5.91 Å². The summed E-state index contributed by atoms with van der Waals surface area (Å²) in [5.41, 5.74) is 13.1. The summed E-state index contributed by atoms with van der Waals surface area (Å²) in [5, 5.41) is 4.61. The highest BCUT2D eigenvalue weighted by atomic mass is 16.5. The topological polar surface area (TPSA) is 126 Å². The number of primary amides is 1. The largest absolute Gasteiger partial charge is 0.497 e. The SMILES string of the molecule is C=CC(=O)N1CCC(n2nc(-c3ccc(Oc4ccc(OC)cc4)cc3)c(C(N)=O)c2N)C1. The maximum atomic E-state index is 12.2. The van der Waals surface area contributed by atoms with Gasteiger partial charge in [0.05, 0.1) is 13.2 Å². The number of anilines is 1. The summed E-state index contributed by atoms with van der Waals surface area (Å²) in [5.74, 6) is 1.40. The van der Waals surface area contributed by atoms with Gasteiger partial charge in [-0.3, -0.25) is 9.59 Å². The van der Waals surface area contributed by atoms with E-state index in [2.05, 4.69) is 11.7 Å². The van der Waals surface area contributed by atoms with Crippen LogP contribution in [0, 0.1) is 0 Å². The average Bonchev–Trinajstić information content (AvgIpc) is 3.44. The molecule has 33 heavy (non-hydrogen) atoms. The van der Waals surface area contributed by atoms with Gasteiger partial charge in [0.2, 0.25) is 5.91 Å². The van der Waals surface area contributed by atoms with E-state index >= 15 is 0 Å². The number of benzene rings is 2. The van der Waals surface area contributed by atoms with Crippen LogP contribution >= 0.6 is 0 Å². The predicted molar refractivity (Wildman–Crippen MR) is 124 cm³/mol. The second kappa shape index (κ2) is 9.07. The number of likely N-dealkylation sites (tertiary alicyclic amines) is 1. The first kappa shape index (κ1) is 21.9. The fourth-order valence-electron chi connectivity index (χ4n) is 3.90. The minimum absolute atomic E-state index is 0.147. The van der Waals surface area contributed by atoms with Crippen molar-refractivity contribution < 1.29 is 19.1 Å². The lowest BCUT2D eigenvalue weighted by molar-refractivity contribution is -0.125. The Morgan fingerprint density at radius 1 is 1.09 bits per heavy atom. The van der Waals surface area contributed by atoms with Gasteiger partial charge in [-0.05, 0) is 61.0 Å². The van der Waals surface area contributed by atoms with Crippen LogP contribution in [-0.4, -0.2) is 46.7 Å². The molecule has 1 fully saturated rings. The molecule has 2 heterocycles. The average molecular weight is 447 g/mol. The summed E-state index contributed by atoms with van der Waals surface area (Å²) in [4.78, 5) is 25.8. The highest BCUT2D eigenvalue weighted by Gasteiger charge is 2.31. The Morgan fingerprint density at radius 3 is 2.27 bits per heavy atom. The highest BCUT2D eigenvalue weighted by molar-refractivity contribution is 6.03. The first-order valence-corrected chi connectivity index (χ1v) is 10.4. The zero-order chi connectivity index (χ0) is 23.5. The molecule has 1 aromatic heterocycles. The summed E-state index contributed by atoms with van der Waals surface area (Å²) in [6.45, 7) is 4.52. The van der Waals surface area contributed by atoms with E-state index in [0.29, 0.717) is 42.3 Å². The van der Waals surface area contributed by atoms with E-state index in [-0.39, 0.29) is 23.3 Å². The zero-order valence-electron chi connectivity index (χ0n) is 18.2. The minimum Gasteiger partial charge on any atom is -0.497 e. The van der Waals surface area contributed by atoms with E-state index in [9.17, 15) is 9.59 Å². The maximum absolute atomic E-state index is 12.2. The Morgan fingerprint density at radius 2 is 1.70 bits per heavy atom. The fraction of sp³-hybridized carbons (Fsp3) is 0.208. The Kier molecular flexibility index (Phi) is 6.03. The van der Waals surface area contributed by atoms with Crippen molar-refractivity contribution in [2.75, 3.05) is 25.9 Å². The number of nitrogen functional groups attached to an aromatic ring is 1. The van der Waals surface area contributed by atoms with Crippen molar-refractivity contribution in [1.29, 1.82) is 0 Å². The van der Waals surface area contributed by atoms with Gasteiger partial charge in [0, 0.05) is 18.7 Å². The molecule has 1 aliphatic heterocycles. The molecule has 1 aliphatic rings. The summed E-state index contributed by atoms with van der Waals surface area (Å²) in [7, 11) is 1.60. The van der Waals surface area contributed by atoms with Crippen molar-refractivity contribution >= 4 is 17.6 Å². The minimum atomic E-state index is -0.663. The van der Waals surface area contributed by atoms with E-state index in [1.165, 1.54) is 6.08 Å². The molecule has 2 amide bonds. The Labute approximate surface area is 191 Å². The number of hydrogen-bond donors (Lipinski definition) is 2. The molecule has 3 aromatic rings. The van der Waals surface area contributed by atoms with Crippen molar-refractivity contribution in [3.63, 3.8) is 0 Å². The van der Waals surface area contributed by atoms with Crippen LogP contribution in [0.2, 0.25) is 0 Å². The molecule has 4 N–H and O–H groups in total. The molecule has 1 unspecified atom stereocenters. The van der Waals surface area contributed by atoms with Crippen molar-refractivity contribution in [1.82, 2.24) is 14.7 Å². The second-order valence-electron chi connectivity index (χ2n) is 7.65. The molecule has 9 heteroatoms. The predicted octanol–water partition coefficient (Wildman–Crippen LogP) is 2.99. The van der Waals surface area contributed by atoms with E-state index in [4.69, 9.17) is 20.9 Å². The lowest BCUT2D eigenvalue weighted by atomic mass is 10.1. The van der Waals surface area contributed by atoms with Crippen LogP contribution < -0.4 is 20.9 Å². The number of methoxy groups -OCH3 is 1. The van der Waals surface area contributed by atoms with Crippen LogP contribution in [0.1, 0.15) is 22.8 Å². The molecular formula is C24H25N5O4. The van der Waals surface area contributed by atoms with E-state index in [1.807, 2.05) is 24.3 Å². The lowest BCUT2D eigenvalue weighted by Gasteiger charge is -2.15. The number of rotatable bonds is 7. The molecule has 1 saturated heterocycles. The van der Waals surface area contributed by atoms with E-state index in [0.717, 1.165) is 5.75 Å². The maximum Gasteiger partial charge on any atom is 0.254 e. The molecule has 170 valence electrons. The first-order chi connectivity index (χ1) is 15.9. The second-order valence-corrected chi connectivity index (χ2v) is 7.65. The van der Waals surface area contributed by atoms with Gasteiger partial charge in [-0.1, -0.05) is 6.58 Å². The molecule has 0 bridgehead atoms. The summed E-state index contributed by atoms with van der Waals surface area (Å²) in [6, 6.07) is 14.2. The van der Waals surface area contributed by atoms with Gasteiger partial charge in [0.15, 0.2) is 0 Å². The molecule has 0 saturated carbocycles. The fourth-order valence-corrected chi connectivity index (χ4v) is 3.90. The molecule has 0 spiro atoms. The Hall–Kier alpha value is -4.27. The van der Waals surface area contributed by atoms with Crippen LogP contribution in [0.15, 0.2) is 61.2 Å². The standard InChI is InChI=1S/C24H25N5O4/c1-3-20(30)28-13-12-16(14-28)29-23(25)21(24(26)31)22(27-29)15-4-6-18(7-5-15)33-19-10-8-17(32-2)9-11-19/h3-11,16H,1,12-14,25H2,2H3,(H2,26,31). The normalized spacial score (nSPS) is 15.3. The van der Waals surface area contributed by atoms with Crippen molar-refractivity contribution in [3.8, 4) is 28.5 Å². The number of aromatic nitrogens is 2. The van der Waals surface area contributed by atoms with Crippen molar-refractivity contribution in [3.05, 3.63) is 66.7 Å². The van der Waals surface area contributed by atoms with Crippen LogP contribution in [0.25, 0.3) is 11.3 Å². The van der Waals surface area contributed by atoms with Gasteiger partial charge in [-0.2, -0.15) is 5.10 Å². The van der Waals surface area contributed by atoms with Crippen molar-refractivity contribution in [2.45, 2.75) is 12.5 Å². The molecule has 0 radical (unpaired) electrons. The highest BCUT2D eigenvalue weighted by Crippen LogP contribution is 2.33. The van der Waals surface area contributed by atoms with Gasteiger partial charge < -0.3 is 25.8 Å². The summed E-state index contributed by atoms with van der Waals surface area (Å²) in [6.07, 6.45) is 1.95. The molecular weight excluding hydrogens is 422 g/mol. The van der Waals surface area contributed by atoms with Crippen LogP contribution in [0.4, 0.5) is 5.82 Å². The van der Waals surface area contributed by atoms with Crippen LogP contribution in [0.5, 0.6) is 17.2 Å². The zero-order valence-corrected chi connectivity index (χ0v) is 18.2. The van der Waals surface area contributed by atoms with Gasteiger partial charge >= 0.3 is 0 Å². The smallest absolute Gasteiger partial charge is 0.254 e. The summed E-state index contributed by atoms with van der Waals surface area (Å²) < 4.78 is 12.6. The molecule has 1 atom stereocenters. The molecule has 2 aromatic carbocycles. The Bertz CT molecular complexity index is 1180. The van der Waals surface area contributed by atoms with Gasteiger partial charge in [-0.15, -0.1) is 0 Å². The number of ether oxygens (including phenoxy) is 2. The monoisotopic (exact) mass is 447 g/mol. The lowest BCUT2D eigenvalue weighted by Crippen LogP contribution is -2.27.